The molecule has 0 radical (unpaired) electrons. The van der Waals surface area contributed by atoms with Crippen LogP contribution in [0.1, 0.15) is 44.1 Å². The number of aromatic nitrogens is 1. The number of nitrogens with zero attached hydrogens (tertiary/aromatic N) is 1. The molecule has 1 aliphatic rings. The number of ether oxygens (including phenoxy) is 1. The average molecular weight is 460 g/mol. The fourth-order valence-corrected chi connectivity index (χ4v) is 4.84. The van der Waals surface area contributed by atoms with E-state index in [9.17, 15) is 29.4 Å². The molecule has 3 heterocycles. The maximum atomic E-state index is 12.6. The Labute approximate surface area is 184 Å². The van der Waals surface area contributed by atoms with Crippen molar-refractivity contribution < 1.29 is 24.5 Å². The fourth-order valence-electron chi connectivity index (χ4n) is 3.53. The molecule has 4 rings (SSSR count). The lowest BCUT2D eigenvalue weighted by Crippen LogP contribution is -2.38. The van der Waals surface area contributed by atoms with Gasteiger partial charge in [0.05, 0.1) is 23.8 Å². The topological polar surface area (TPSA) is 159 Å². The molecule has 0 saturated carbocycles. The highest BCUT2D eigenvalue weighted by molar-refractivity contribution is 7.16. The first kappa shape index (κ1) is 21.6. The summed E-state index contributed by atoms with van der Waals surface area (Å²) < 4.78 is 6.05. The van der Waals surface area contributed by atoms with Crippen molar-refractivity contribution in [3.05, 3.63) is 60.5 Å². The number of amides is 1. The molecule has 1 aliphatic heterocycles. The monoisotopic (exact) mass is 460 g/mol. The minimum absolute atomic E-state index is 0.0134. The summed E-state index contributed by atoms with van der Waals surface area (Å²) >= 11 is 1.11. The van der Waals surface area contributed by atoms with E-state index >= 15 is 0 Å². The number of carbonyl (C=O) groups is 2. The van der Waals surface area contributed by atoms with E-state index in [0.717, 1.165) is 16.0 Å². The number of anilines is 1. The Morgan fingerprint density at radius 1 is 1.31 bits per heavy atom. The van der Waals surface area contributed by atoms with Gasteiger partial charge in [-0.1, -0.05) is 0 Å². The van der Waals surface area contributed by atoms with E-state index in [2.05, 4.69) is 16.1 Å². The quantitative estimate of drug-likeness (QED) is 0.301. The molecule has 1 atom stereocenters. The van der Waals surface area contributed by atoms with Crippen LogP contribution in [0.15, 0.2) is 27.8 Å². The van der Waals surface area contributed by atoms with Crippen LogP contribution in [-0.2, 0) is 6.42 Å². The van der Waals surface area contributed by atoms with Crippen molar-refractivity contribution in [3.63, 3.8) is 0 Å². The largest absolute Gasteiger partial charge is 0.507 e. The molecule has 11 nitrogen and oxygen atoms in total. The van der Waals surface area contributed by atoms with E-state index in [1.165, 1.54) is 12.1 Å². The van der Waals surface area contributed by atoms with Crippen LogP contribution in [0.2, 0.25) is 0 Å². The number of carboxylic acids is 1. The number of benzene rings is 1. The Morgan fingerprint density at radius 2 is 2.06 bits per heavy atom. The normalized spacial score (nSPS) is 15.3. The molecule has 32 heavy (non-hydrogen) atoms. The second-order valence-corrected chi connectivity index (χ2v) is 8.14. The van der Waals surface area contributed by atoms with Crippen molar-refractivity contribution in [2.45, 2.75) is 19.4 Å². The number of thiophene rings is 1. The maximum Gasteiger partial charge on any atom is 0.340 e. The third kappa shape index (κ3) is 3.97. The van der Waals surface area contributed by atoms with Gasteiger partial charge < -0.3 is 25.6 Å². The van der Waals surface area contributed by atoms with Crippen molar-refractivity contribution in [1.29, 1.82) is 0 Å². The van der Waals surface area contributed by atoms with E-state index in [0.29, 0.717) is 35.8 Å². The first-order valence-corrected chi connectivity index (χ1v) is 10.6. The molecule has 3 aromatic rings. The molecule has 12 heteroatoms. The van der Waals surface area contributed by atoms with Crippen LogP contribution in [0.25, 0.3) is 0 Å². The average Bonchev–Trinajstić information content (AvgIpc) is 3.15. The SMILES string of the molecule is CCOc1ccc(C(=O)NCC2NCCc3c2sc(Nn2c(=O)c2=O)c3C(=O)O)c(O)c1. The van der Waals surface area contributed by atoms with Gasteiger partial charge in [-0.25, -0.2) is 4.79 Å². The van der Waals surface area contributed by atoms with Crippen LogP contribution in [0, 0.1) is 0 Å². The van der Waals surface area contributed by atoms with Crippen LogP contribution in [0.5, 0.6) is 11.5 Å². The Hall–Kier alpha value is -3.64. The number of aromatic hydroxyl groups is 1. The Balaban J connectivity index is 1.53. The number of carboxylic acid groups (broad SMARTS) is 1. The predicted octanol–water partition coefficient (Wildman–Crippen LogP) is 0.440. The van der Waals surface area contributed by atoms with Gasteiger partial charge in [0.2, 0.25) is 0 Å². The molecule has 0 spiro atoms. The summed E-state index contributed by atoms with van der Waals surface area (Å²) in [6.45, 7) is 2.86. The van der Waals surface area contributed by atoms with Crippen LogP contribution in [-0.4, -0.2) is 46.5 Å². The lowest BCUT2D eigenvalue weighted by atomic mass is 9.99. The molecule has 5 N–H and O–H groups in total. The molecule has 1 aromatic carbocycles. The van der Waals surface area contributed by atoms with Crippen molar-refractivity contribution >= 4 is 28.2 Å². The van der Waals surface area contributed by atoms with Crippen LogP contribution in [0.3, 0.4) is 0 Å². The number of carbonyl (C=O) groups excluding carboxylic acids is 1. The number of phenolic OH excluding ortho intramolecular Hbond substituents is 1. The van der Waals surface area contributed by atoms with Gasteiger partial charge in [-0.15, -0.1) is 11.3 Å². The van der Waals surface area contributed by atoms with Gasteiger partial charge in [0.1, 0.15) is 16.5 Å². The number of hydrogen-bond donors (Lipinski definition) is 5. The fraction of sp³-hybridized carbons (Fsp3) is 0.300. The highest BCUT2D eigenvalue weighted by Gasteiger charge is 2.32. The molecule has 0 bridgehead atoms. The number of hydrogen-bond acceptors (Lipinski definition) is 9. The van der Waals surface area contributed by atoms with E-state index in [1.54, 1.807) is 6.07 Å². The van der Waals surface area contributed by atoms with Crippen LogP contribution >= 0.6 is 11.3 Å². The molecule has 2 aromatic heterocycles. The van der Waals surface area contributed by atoms with Gasteiger partial charge in [-0.3, -0.25) is 19.8 Å². The van der Waals surface area contributed by atoms with Gasteiger partial charge in [0.25, 0.3) is 5.91 Å². The van der Waals surface area contributed by atoms with Crippen molar-refractivity contribution in [2.75, 3.05) is 25.1 Å². The van der Waals surface area contributed by atoms with E-state index in [-0.39, 0.29) is 34.5 Å². The van der Waals surface area contributed by atoms with Crippen molar-refractivity contribution in [2.24, 2.45) is 0 Å². The summed E-state index contributed by atoms with van der Waals surface area (Å²) in [6, 6.07) is 4.03. The van der Waals surface area contributed by atoms with Gasteiger partial charge in [-0.2, -0.15) is 4.68 Å². The molecule has 1 amide bonds. The molecule has 0 aliphatic carbocycles. The number of rotatable bonds is 8. The second-order valence-electron chi connectivity index (χ2n) is 7.09. The summed E-state index contributed by atoms with van der Waals surface area (Å²) in [5, 5.41) is 26.0. The zero-order valence-electron chi connectivity index (χ0n) is 16.9. The molecule has 1 unspecified atom stereocenters. The summed E-state index contributed by atoms with van der Waals surface area (Å²) in [7, 11) is 0. The van der Waals surface area contributed by atoms with Crippen LogP contribution in [0.4, 0.5) is 5.00 Å². The first-order chi connectivity index (χ1) is 15.3. The predicted molar refractivity (Wildman–Crippen MR) is 116 cm³/mol. The highest BCUT2D eigenvalue weighted by Crippen LogP contribution is 2.39. The Bertz CT molecular complexity index is 1250. The third-order valence-corrected chi connectivity index (χ3v) is 6.33. The summed E-state index contributed by atoms with van der Waals surface area (Å²) in [6.07, 6.45) is 0.446. The molecule has 0 saturated heterocycles. The van der Waals surface area contributed by atoms with E-state index in [1.807, 2.05) is 6.92 Å². The molecule has 168 valence electrons. The third-order valence-electron chi connectivity index (χ3n) is 5.08. The van der Waals surface area contributed by atoms with Gasteiger partial charge in [0.15, 0.2) is 0 Å². The lowest BCUT2D eigenvalue weighted by Gasteiger charge is -2.24. The second kappa shape index (κ2) is 8.48. The van der Waals surface area contributed by atoms with Gasteiger partial charge in [-0.05, 0) is 37.6 Å². The molecule has 0 fully saturated rings. The maximum absolute atomic E-state index is 12.6. The number of aromatic carboxylic acids is 1. The van der Waals surface area contributed by atoms with Gasteiger partial charge in [0, 0.05) is 17.5 Å². The number of phenols is 1. The summed E-state index contributed by atoms with van der Waals surface area (Å²) in [4.78, 5) is 47.7. The standard InChI is InChI=1S/C20H20N4O7S/c1-2-31-9-3-4-10(13(25)7-9)16(26)22-8-12-15-11(5-6-21-12)14(20(29)30)17(32-15)23-24-18(27)19(24)28/h3-4,7,12,21,23,25H,2,5-6,8H2,1H3,(H,22,26)(H,29,30). The molecular weight excluding hydrogens is 440 g/mol. The van der Waals surface area contributed by atoms with Gasteiger partial charge >= 0.3 is 17.1 Å². The van der Waals surface area contributed by atoms with E-state index < -0.39 is 23.0 Å². The minimum atomic E-state index is -1.17. The number of fused-ring (bicyclic) bond motifs is 1. The lowest BCUT2D eigenvalue weighted by molar-refractivity contribution is 0.0696. The van der Waals surface area contributed by atoms with Crippen molar-refractivity contribution in [3.8, 4) is 11.5 Å². The minimum Gasteiger partial charge on any atom is -0.507 e. The first-order valence-electron chi connectivity index (χ1n) is 9.83. The molecular formula is C20H20N4O7S. The zero-order chi connectivity index (χ0) is 23.0. The highest BCUT2D eigenvalue weighted by atomic mass is 32.1. The number of nitrogens with one attached hydrogen (secondary N) is 3. The Kier molecular flexibility index (Phi) is 5.72. The van der Waals surface area contributed by atoms with Crippen molar-refractivity contribution in [1.82, 2.24) is 15.3 Å². The summed E-state index contributed by atoms with van der Waals surface area (Å²) in [5.41, 5.74) is 1.80. The Morgan fingerprint density at radius 3 is 2.69 bits per heavy atom. The zero-order valence-corrected chi connectivity index (χ0v) is 17.7. The van der Waals surface area contributed by atoms with Crippen LogP contribution < -0.4 is 31.9 Å². The van der Waals surface area contributed by atoms with E-state index in [4.69, 9.17) is 4.74 Å². The smallest absolute Gasteiger partial charge is 0.340 e. The summed E-state index contributed by atoms with van der Waals surface area (Å²) in [5.74, 6) is -1.43.